The lowest BCUT2D eigenvalue weighted by atomic mass is 10.0. The van der Waals surface area contributed by atoms with Crippen molar-refractivity contribution >= 4 is 13.7 Å². The Morgan fingerprint density at radius 3 is 1.00 bits per heavy atom. The Morgan fingerprint density at radius 1 is 0.415 bits per heavy atom. The molecule has 8 nitrogen and oxygen atoms in total. The number of unbranched alkanes of at least 4 members (excludes halogenated alkanes) is 52. The van der Waals surface area contributed by atoms with Crippen LogP contribution in [0.15, 0.2) is 24.3 Å². The number of carbonyl (C=O) groups is 1. The molecule has 0 aromatic rings. The fourth-order valence-electron chi connectivity index (χ4n) is 11.5. The van der Waals surface area contributed by atoms with E-state index in [0.29, 0.717) is 23.9 Å². The molecule has 3 atom stereocenters. The monoisotopic (exact) mass is 1180 g/mol. The molecule has 1 amide bonds. The second kappa shape index (κ2) is 64.5. The molecule has 488 valence electrons. The van der Waals surface area contributed by atoms with Crippen molar-refractivity contribution in [3.8, 4) is 0 Å². The molecular formula is C73H146N2O6P+. The number of aliphatic hydroxyl groups excluding tert-OH is 1. The minimum Gasteiger partial charge on any atom is -0.391 e. The number of carbonyl (C=O) groups excluding carboxylic acids is 1. The number of quaternary nitrogens is 1. The summed E-state index contributed by atoms with van der Waals surface area (Å²) in [4.78, 5) is 23.5. The fraction of sp³-hybridized carbons (Fsp3) is 0.932. The average molecular weight is 1180 g/mol. The number of amides is 1. The predicted molar refractivity (Wildman–Crippen MR) is 360 cm³/mol. The van der Waals surface area contributed by atoms with Crippen LogP contribution in [0.25, 0.3) is 0 Å². The van der Waals surface area contributed by atoms with Gasteiger partial charge in [-0.3, -0.25) is 13.8 Å². The summed E-state index contributed by atoms with van der Waals surface area (Å²) in [6.45, 7) is 4.94. The van der Waals surface area contributed by atoms with Crippen molar-refractivity contribution in [2.24, 2.45) is 0 Å². The molecule has 0 spiro atoms. The molecular weight excluding hydrogens is 1030 g/mol. The number of rotatable bonds is 69. The van der Waals surface area contributed by atoms with Gasteiger partial charge in [-0.05, 0) is 44.9 Å². The molecule has 0 heterocycles. The largest absolute Gasteiger partial charge is 0.472 e. The predicted octanol–water partition coefficient (Wildman–Crippen LogP) is 23.4. The molecule has 0 aliphatic carbocycles. The molecule has 0 saturated heterocycles. The summed E-state index contributed by atoms with van der Waals surface area (Å²) in [6.07, 6.45) is 84.4. The highest BCUT2D eigenvalue weighted by molar-refractivity contribution is 7.47. The maximum Gasteiger partial charge on any atom is 0.472 e. The molecule has 0 fully saturated rings. The molecule has 9 heteroatoms. The summed E-state index contributed by atoms with van der Waals surface area (Å²) < 4.78 is 23.9. The molecule has 0 aromatic heterocycles. The van der Waals surface area contributed by atoms with Gasteiger partial charge in [0.15, 0.2) is 0 Å². The third kappa shape index (κ3) is 66.5. The summed E-state index contributed by atoms with van der Waals surface area (Å²) >= 11 is 0. The van der Waals surface area contributed by atoms with E-state index in [9.17, 15) is 19.4 Å². The van der Waals surface area contributed by atoms with Crippen LogP contribution >= 0.6 is 7.82 Å². The normalized spacial score (nSPS) is 13.7. The molecule has 0 saturated carbocycles. The first-order valence-corrected chi connectivity index (χ1v) is 38.2. The molecule has 0 rings (SSSR count). The van der Waals surface area contributed by atoms with Gasteiger partial charge in [0.2, 0.25) is 5.91 Å². The van der Waals surface area contributed by atoms with E-state index in [4.69, 9.17) is 9.05 Å². The summed E-state index contributed by atoms with van der Waals surface area (Å²) in [5.41, 5.74) is 0. The van der Waals surface area contributed by atoms with Crippen LogP contribution in [-0.4, -0.2) is 73.4 Å². The topological polar surface area (TPSA) is 105 Å². The van der Waals surface area contributed by atoms with Crippen molar-refractivity contribution in [3.63, 3.8) is 0 Å². The number of hydrogen-bond donors (Lipinski definition) is 3. The zero-order chi connectivity index (χ0) is 59.8. The van der Waals surface area contributed by atoms with Gasteiger partial charge in [-0.2, -0.15) is 0 Å². The molecule has 0 radical (unpaired) electrons. The first kappa shape index (κ1) is 81.0. The molecule has 82 heavy (non-hydrogen) atoms. The lowest BCUT2D eigenvalue weighted by molar-refractivity contribution is -0.870. The van der Waals surface area contributed by atoms with Crippen molar-refractivity contribution < 1.29 is 32.9 Å². The highest BCUT2D eigenvalue weighted by atomic mass is 31.2. The Labute approximate surface area is 513 Å². The lowest BCUT2D eigenvalue weighted by Gasteiger charge is -2.26. The number of phosphoric acid groups is 1. The summed E-state index contributed by atoms with van der Waals surface area (Å²) in [6, 6.07) is -0.758. The van der Waals surface area contributed by atoms with Crippen LogP contribution < -0.4 is 5.32 Å². The molecule has 0 aliphatic heterocycles. The summed E-state index contributed by atoms with van der Waals surface area (Å²) in [7, 11) is 1.64. The van der Waals surface area contributed by atoms with Gasteiger partial charge in [0, 0.05) is 6.42 Å². The van der Waals surface area contributed by atoms with E-state index in [1.54, 1.807) is 0 Å². The standard InChI is InChI=1S/C73H145N2O6P/c1-6-8-10-12-14-16-18-20-22-24-26-28-29-30-31-32-33-34-35-36-37-38-39-40-41-42-43-44-45-47-49-51-53-55-57-59-61-63-65-67-73(77)74-71(70-81-82(78,79)80-69-68-75(3,4)5)72(76)66-64-62-60-58-56-54-52-50-48-46-27-25-23-21-19-17-15-13-11-9-7-2/h18,20,24,26,71-72,76H,6-17,19,21-23,25,27-70H2,1-5H3,(H-,74,77,78,79)/p+1/b20-18-,26-24-. The summed E-state index contributed by atoms with van der Waals surface area (Å²) in [5.74, 6) is -0.135. The summed E-state index contributed by atoms with van der Waals surface area (Å²) in [5, 5.41) is 14.1. The van der Waals surface area contributed by atoms with Gasteiger partial charge in [0.25, 0.3) is 0 Å². The highest BCUT2D eigenvalue weighted by Crippen LogP contribution is 2.43. The Bertz CT molecular complexity index is 1390. The maximum atomic E-state index is 13.1. The van der Waals surface area contributed by atoms with Crippen molar-refractivity contribution in [2.75, 3.05) is 40.9 Å². The second-order valence-corrected chi connectivity index (χ2v) is 28.1. The van der Waals surface area contributed by atoms with E-state index >= 15 is 0 Å². The number of nitrogens with one attached hydrogen (secondary N) is 1. The molecule has 3 unspecified atom stereocenters. The van der Waals surface area contributed by atoms with Crippen LogP contribution in [0.3, 0.4) is 0 Å². The Hall–Kier alpha value is -1.02. The molecule has 3 N–H and O–H groups in total. The number of hydrogen-bond acceptors (Lipinski definition) is 5. The number of likely N-dealkylation sites (N-methyl/N-ethyl adjacent to an activating group) is 1. The third-order valence-corrected chi connectivity index (χ3v) is 18.2. The smallest absolute Gasteiger partial charge is 0.391 e. The quantitative estimate of drug-likeness (QED) is 0.0243. The Kier molecular flexibility index (Phi) is 63.7. The molecule has 0 aliphatic rings. The van der Waals surface area contributed by atoms with Crippen molar-refractivity contribution in [3.05, 3.63) is 24.3 Å². The number of nitrogens with zero attached hydrogens (tertiary/aromatic N) is 1. The number of allylic oxidation sites excluding steroid dienone is 4. The number of phosphoric ester groups is 1. The van der Waals surface area contributed by atoms with Crippen molar-refractivity contribution in [1.29, 1.82) is 0 Å². The van der Waals surface area contributed by atoms with Crippen LogP contribution in [0.4, 0.5) is 0 Å². The van der Waals surface area contributed by atoms with Gasteiger partial charge in [-0.1, -0.05) is 359 Å². The zero-order valence-electron chi connectivity index (χ0n) is 56.0. The first-order chi connectivity index (χ1) is 40.0. The minimum atomic E-state index is -4.33. The lowest BCUT2D eigenvalue weighted by Crippen LogP contribution is -2.46. The van der Waals surface area contributed by atoms with Crippen LogP contribution in [0.5, 0.6) is 0 Å². The molecule has 0 bridgehead atoms. The van der Waals surface area contributed by atoms with Gasteiger partial charge < -0.3 is 19.8 Å². The van der Waals surface area contributed by atoms with Gasteiger partial charge >= 0.3 is 7.82 Å². The van der Waals surface area contributed by atoms with Crippen LogP contribution in [0.2, 0.25) is 0 Å². The Balaban J connectivity index is 3.88. The van der Waals surface area contributed by atoms with E-state index < -0.39 is 20.0 Å². The first-order valence-electron chi connectivity index (χ1n) is 36.7. The number of aliphatic hydroxyl groups is 1. The van der Waals surface area contributed by atoms with E-state index in [1.807, 2.05) is 21.1 Å². The maximum absolute atomic E-state index is 13.1. The van der Waals surface area contributed by atoms with Crippen molar-refractivity contribution in [1.82, 2.24) is 5.32 Å². The van der Waals surface area contributed by atoms with E-state index in [2.05, 4.69) is 43.5 Å². The molecule has 0 aromatic carbocycles. The fourth-order valence-corrected chi connectivity index (χ4v) is 12.2. The highest BCUT2D eigenvalue weighted by Gasteiger charge is 2.28. The average Bonchev–Trinajstić information content (AvgIpc) is 3.46. The van der Waals surface area contributed by atoms with E-state index in [1.165, 1.54) is 315 Å². The van der Waals surface area contributed by atoms with E-state index in [-0.39, 0.29) is 19.1 Å². The Morgan fingerprint density at radius 2 is 0.695 bits per heavy atom. The van der Waals surface area contributed by atoms with Crippen LogP contribution in [0.1, 0.15) is 386 Å². The second-order valence-electron chi connectivity index (χ2n) is 26.7. The van der Waals surface area contributed by atoms with Gasteiger partial charge in [-0.15, -0.1) is 0 Å². The van der Waals surface area contributed by atoms with Crippen molar-refractivity contribution in [2.45, 2.75) is 398 Å². The minimum absolute atomic E-state index is 0.0782. The van der Waals surface area contributed by atoms with E-state index in [0.717, 1.165) is 44.9 Å². The SMILES string of the molecule is CCCCCCC/C=C\C/C=C\CCCCCCCCCCCCCCCCCCCCCCCCCCCCCC(=O)NC(COP(=O)(O)OCC[N+](C)(C)C)C(O)CCCCCCCCCCCCCCCCCCCCCCC. The van der Waals surface area contributed by atoms with Crippen LogP contribution in [0, 0.1) is 0 Å². The van der Waals surface area contributed by atoms with Gasteiger partial charge in [0.05, 0.1) is 39.9 Å². The van der Waals surface area contributed by atoms with Crippen LogP contribution in [-0.2, 0) is 18.4 Å². The van der Waals surface area contributed by atoms with Gasteiger partial charge in [-0.25, -0.2) is 4.57 Å². The van der Waals surface area contributed by atoms with Gasteiger partial charge in [0.1, 0.15) is 13.2 Å². The zero-order valence-corrected chi connectivity index (χ0v) is 56.9. The third-order valence-electron chi connectivity index (χ3n) is 17.2.